The zero-order valence-corrected chi connectivity index (χ0v) is 11.4. The Labute approximate surface area is 114 Å². The van der Waals surface area contributed by atoms with E-state index >= 15 is 0 Å². The number of carbonyl (C=O) groups excluding carboxylic acids is 2. The topological polar surface area (TPSA) is 58.6 Å². The van der Waals surface area contributed by atoms with E-state index in [0.717, 1.165) is 0 Å². The molecule has 18 heavy (non-hydrogen) atoms. The summed E-state index contributed by atoms with van der Waals surface area (Å²) in [5, 5.41) is 4.97. The fourth-order valence-electron chi connectivity index (χ4n) is 1.63. The van der Waals surface area contributed by atoms with Crippen molar-refractivity contribution in [3.63, 3.8) is 0 Å². The number of halogens is 1. The number of likely N-dealkylation sites (N-methyl/N-ethyl adjacent to an activating group) is 1. The second-order valence-electron chi connectivity index (χ2n) is 4.01. The lowest BCUT2D eigenvalue weighted by molar-refractivity contribution is -0.146. The Bertz CT molecular complexity index is 463. The third-order valence-electron chi connectivity index (χ3n) is 2.66. The number of amides is 2. The molecule has 2 heterocycles. The normalized spacial score (nSPS) is 20.0. The third kappa shape index (κ3) is 3.01. The van der Waals surface area contributed by atoms with E-state index in [9.17, 15) is 9.59 Å². The van der Waals surface area contributed by atoms with Gasteiger partial charge < -0.3 is 15.0 Å². The van der Waals surface area contributed by atoms with Crippen LogP contribution < -0.4 is 5.32 Å². The van der Waals surface area contributed by atoms with E-state index < -0.39 is 0 Å². The van der Waals surface area contributed by atoms with Crippen molar-refractivity contribution in [2.24, 2.45) is 0 Å². The van der Waals surface area contributed by atoms with E-state index in [1.807, 2.05) is 0 Å². The van der Waals surface area contributed by atoms with Crippen LogP contribution in [0.2, 0.25) is 5.02 Å². The van der Waals surface area contributed by atoms with Crippen molar-refractivity contribution < 1.29 is 14.3 Å². The predicted octanol–water partition coefficient (Wildman–Crippen LogP) is 0.988. The molecular formula is C11H13ClN2O3S. The Morgan fingerprint density at radius 3 is 3.11 bits per heavy atom. The quantitative estimate of drug-likeness (QED) is 0.902. The van der Waals surface area contributed by atoms with E-state index in [1.54, 1.807) is 23.4 Å². The molecule has 1 fully saturated rings. The van der Waals surface area contributed by atoms with Gasteiger partial charge in [-0.1, -0.05) is 11.6 Å². The molecule has 1 aliphatic rings. The third-order valence-corrected chi connectivity index (χ3v) is 4.00. The molecule has 2 rings (SSSR count). The molecule has 1 aromatic heterocycles. The highest BCUT2D eigenvalue weighted by Gasteiger charge is 2.24. The van der Waals surface area contributed by atoms with Crippen molar-refractivity contribution in [2.75, 3.05) is 26.7 Å². The number of hydrogen-bond donors (Lipinski definition) is 1. The van der Waals surface area contributed by atoms with Gasteiger partial charge in [0.1, 0.15) is 11.5 Å². The van der Waals surface area contributed by atoms with Crippen LogP contribution in [0.4, 0.5) is 0 Å². The second kappa shape index (κ2) is 5.69. The van der Waals surface area contributed by atoms with Crippen LogP contribution in [0.15, 0.2) is 11.4 Å². The first-order valence-corrected chi connectivity index (χ1v) is 6.70. The molecule has 1 atom stereocenters. The lowest BCUT2D eigenvalue weighted by Gasteiger charge is -2.29. The Morgan fingerprint density at radius 1 is 1.72 bits per heavy atom. The van der Waals surface area contributed by atoms with E-state index in [1.165, 1.54) is 11.3 Å². The number of ether oxygens (including phenoxy) is 1. The van der Waals surface area contributed by atoms with Gasteiger partial charge >= 0.3 is 0 Å². The minimum Gasteiger partial charge on any atom is -0.365 e. The predicted molar refractivity (Wildman–Crippen MR) is 69.0 cm³/mol. The molecule has 5 nitrogen and oxygen atoms in total. The Kier molecular flexibility index (Phi) is 4.21. The summed E-state index contributed by atoms with van der Waals surface area (Å²) in [6.45, 7) is 0.915. The Hall–Kier alpha value is -1.11. The lowest BCUT2D eigenvalue weighted by atomic mass is 10.2. The van der Waals surface area contributed by atoms with E-state index in [-0.39, 0.29) is 24.5 Å². The van der Waals surface area contributed by atoms with Crippen molar-refractivity contribution in [1.29, 1.82) is 0 Å². The van der Waals surface area contributed by atoms with Crippen LogP contribution in [-0.2, 0) is 9.53 Å². The van der Waals surface area contributed by atoms with Crippen LogP contribution >= 0.6 is 22.9 Å². The lowest BCUT2D eigenvalue weighted by Crippen LogP contribution is -2.48. The highest BCUT2D eigenvalue weighted by atomic mass is 35.5. The molecule has 0 radical (unpaired) electrons. The average molecular weight is 289 g/mol. The Balaban J connectivity index is 1.84. The van der Waals surface area contributed by atoms with Gasteiger partial charge in [0.2, 0.25) is 5.91 Å². The molecule has 1 N–H and O–H groups in total. The zero-order valence-electron chi connectivity index (χ0n) is 9.81. The first kappa shape index (κ1) is 13.3. The number of rotatable bonds is 3. The largest absolute Gasteiger partial charge is 0.365 e. The van der Waals surface area contributed by atoms with Gasteiger partial charge in [-0.2, -0.15) is 0 Å². The standard InChI is InChI=1S/C11H13ClN2O3S/c1-14-5-7(17-6-9(14)15)4-13-11(16)10-8(12)2-3-18-10/h2-3,7H,4-6H2,1H3,(H,13,16)/t7-/m1/s1. The maximum atomic E-state index is 11.8. The molecule has 0 bridgehead atoms. The molecule has 98 valence electrons. The molecule has 0 aliphatic carbocycles. The van der Waals surface area contributed by atoms with Crippen molar-refractivity contribution in [3.05, 3.63) is 21.3 Å². The van der Waals surface area contributed by atoms with Gasteiger partial charge in [-0.25, -0.2) is 0 Å². The SMILES string of the molecule is CN1C[C@@H](CNC(=O)c2sccc2Cl)OCC1=O. The summed E-state index contributed by atoms with van der Waals surface area (Å²) >= 11 is 7.16. The van der Waals surface area contributed by atoms with Crippen molar-refractivity contribution in [3.8, 4) is 0 Å². The summed E-state index contributed by atoms with van der Waals surface area (Å²) in [4.78, 5) is 25.1. The van der Waals surface area contributed by atoms with Crippen LogP contribution in [0.3, 0.4) is 0 Å². The van der Waals surface area contributed by atoms with E-state index in [2.05, 4.69) is 5.32 Å². The number of nitrogens with one attached hydrogen (secondary N) is 1. The summed E-state index contributed by atoms with van der Waals surface area (Å²) in [5.74, 6) is -0.253. The molecule has 1 saturated heterocycles. The summed E-state index contributed by atoms with van der Waals surface area (Å²) in [7, 11) is 1.72. The number of nitrogens with zero attached hydrogens (tertiary/aromatic N) is 1. The number of carbonyl (C=O) groups is 2. The van der Waals surface area contributed by atoms with Gasteiger partial charge in [-0.15, -0.1) is 11.3 Å². The van der Waals surface area contributed by atoms with Crippen LogP contribution in [-0.4, -0.2) is 49.6 Å². The highest BCUT2D eigenvalue weighted by molar-refractivity contribution is 7.12. The van der Waals surface area contributed by atoms with Crippen molar-refractivity contribution >= 4 is 34.8 Å². The molecule has 1 aromatic rings. The molecule has 1 aliphatic heterocycles. The van der Waals surface area contributed by atoms with Gasteiger partial charge in [0.05, 0.1) is 11.1 Å². The average Bonchev–Trinajstić information content (AvgIpc) is 2.77. The molecule has 7 heteroatoms. The second-order valence-corrected chi connectivity index (χ2v) is 5.34. The summed E-state index contributed by atoms with van der Waals surface area (Å²) in [6.07, 6.45) is -0.171. The van der Waals surface area contributed by atoms with Crippen molar-refractivity contribution in [2.45, 2.75) is 6.10 Å². The van der Waals surface area contributed by atoms with Crippen LogP contribution in [0.25, 0.3) is 0 Å². The summed E-state index contributed by atoms with van der Waals surface area (Å²) < 4.78 is 5.32. The highest BCUT2D eigenvalue weighted by Crippen LogP contribution is 2.21. The fraction of sp³-hybridized carbons (Fsp3) is 0.455. The maximum absolute atomic E-state index is 11.8. The zero-order chi connectivity index (χ0) is 13.1. The Morgan fingerprint density at radius 2 is 2.50 bits per heavy atom. The number of hydrogen-bond acceptors (Lipinski definition) is 4. The molecule has 0 aromatic carbocycles. The van der Waals surface area contributed by atoms with Gasteiger partial charge in [0.25, 0.3) is 5.91 Å². The van der Waals surface area contributed by atoms with Crippen molar-refractivity contribution in [1.82, 2.24) is 10.2 Å². The van der Waals surface area contributed by atoms with Gasteiger partial charge in [-0.05, 0) is 11.4 Å². The van der Waals surface area contributed by atoms with Crippen LogP contribution in [0.1, 0.15) is 9.67 Å². The van der Waals surface area contributed by atoms with E-state index in [0.29, 0.717) is 23.0 Å². The first-order valence-electron chi connectivity index (χ1n) is 5.44. The summed E-state index contributed by atoms with van der Waals surface area (Å²) in [5.41, 5.74) is 0. The molecule has 2 amide bonds. The molecular weight excluding hydrogens is 276 g/mol. The van der Waals surface area contributed by atoms with Crippen LogP contribution in [0.5, 0.6) is 0 Å². The molecule has 0 spiro atoms. The maximum Gasteiger partial charge on any atom is 0.262 e. The first-order chi connectivity index (χ1) is 8.58. The van der Waals surface area contributed by atoms with Gasteiger partial charge in [0, 0.05) is 20.1 Å². The molecule has 0 saturated carbocycles. The fourth-order valence-corrected chi connectivity index (χ4v) is 2.68. The monoisotopic (exact) mass is 288 g/mol. The van der Waals surface area contributed by atoms with E-state index in [4.69, 9.17) is 16.3 Å². The smallest absolute Gasteiger partial charge is 0.262 e. The number of thiophene rings is 1. The minimum absolute atomic E-state index is 0.0427. The molecule has 0 unspecified atom stereocenters. The van der Waals surface area contributed by atoms with Gasteiger partial charge in [-0.3, -0.25) is 9.59 Å². The van der Waals surface area contributed by atoms with Crippen LogP contribution in [0, 0.1) is 0 Å². The van der Waals surface area contributed by atoms with Gasteiger partial charge in [0.15, 0.2) is 0 Å². The number of morpholine rings is 1. The minimum atomic E-state index is -0.210. The summed E-state index contributed by atoms with van der Waals surface area (Å²) in [6, 6.07) is 1.69.